The smallest absolute Gasteiger partial charge is 0.269 e. The summed E-state index contributed by atoms with van der Waals surface area (Å²) in [6.07, 6.45) is 6.19. The SMILES string of the molecule is O=C(Nc1ccnn1C1CCCC1)[C@@H]1CC(c2ccc(Cl)s2)=NO1. The Morgan fingerprint density at radius 3 is 2.92 bits per heavy atom. The fourth-order valence-corrected chi connectivity index (χ4v) is 4.23. The number of amides is 1. The highest BCUT2D eigenvalue weighted by atomic mass is 35.5. The zero-order valence-electron chi connectivity index (χ0n) is 12.9. The molecule has 0 bridgehead atoms. The molecule has 6 nitrogen and oxygen atoms in total. The van der Waals surface area contributed by atoms with Crippen LogP contribution in [0.5, 0.6) is 0 Å². The molecular formula is C16H17ClN4O2S. The van der Waals surface area contributed by atoms with Crippen molar-refractivity contribution in [3.63, 3.8) is 0 Å². The summed E-state index contributed by atoms with van der Waals surface area (Å²) >= 11 is 7.38. The number of thiophene rings is 1. The summed E-state index contributed by atoms with van der Waals surface area (Å²) in [5.41, 5.74) is 0.761. The molecule has 1 saturated carbocycles. The van der Waals surface area contributed by atoms with Gasteiger partial charge in [0.2, 0.25) is 6.10 Å². The van der Waals surface area contributed by atoms with Crippen molar-refractivity contribution in [2.75, 3.05) is 5.32 Å². The standard InChI is InChI=1S/C16H17ClN4O2S/c17-14-6-5-13(24-14)11-9-12(23-20-11)16(22)19-15-7-8-18-21(15)10-3-1-2-4-10/h5-8,10,12H,1-4,9H2,(H,19,22)/t12-/m0/s1. The maximum atomic E-state index is 12.5. The van der Waals surface area contributed by atoms with E-state index in [4.69, 9.17) is 16.4 Å². The number of nitrogens with one attached hydrogen (secondary N) is 1. The number of nitrogens with zero attached hydrogens (tertiary/aromatic N) is 3. The molecule has 0 aromatic carbocycles. The first kappa shape index (κ1) is 15.7. The van der Waals surface area contributed by atoms with Gasteiger partial charge in [0, 0.05) is 12.5 Å². The molecule has 1 aliphatic heterocycles. The van der Waals surface area contributed by atoms with Gasteiger partial charge in [0.25, 0.3) is 5.91 Å². The van der Waals surface area contributed by atoms with Gasteiger partial charge in [-0.15, -0.1) is 11.3 Å². The number of oxime groups is 1. The van der Waals surface area contributed by atoms with Gasteiger partial charge in [-0.2, -0.15) is 5.10 Å². The molecule has 126 valence electrons. The summed E-state index contributed by atoms with van der Waals surface area (Å²) in [7, 11) is 0. The van der Waals surface area contributed by atoms with E-state index in [0.29, 0.717) is 16.8 Å². The van der Waals surface area contributed by atoms with E-state index in [2.05, 4.69) is 15.6 Å². The Kier molecular flexibility index (Phi) is 4.28. The van der Waals surface area contributed by atoms with Crippen LogP contribution in [-0.2, 0) is 9.63 Å². The second-order valence-corrected chi connectivity index (χ2v) is 7.74. The van der Waals surface area contributed by atoms with Gasteiger partial charge in [-0.05, 0) is 25.0 Å². The van der Waals surface area contributed by atoms with Gasteiger partial charge in [-0.25, -0.2) is 4.68 Å². The van der Waals surface area contributed by atoms with Crippen molar-refractivity contribution >= 4 is 40.4 Å². The molecular weight excluding hydrogens is 348 g/mol. The highest BCUT2D eigenvalue weighted by Gasteiger charge is 2.30. The van der Waals surface area contributed by atoms with Crippen LogP contribution >= 0.6 is 22.9 Å². The van der Waals surface area contributed by atoms with E-state index >= 15 is 0 Å². The molecule has 1 fully saturated rings. The largest absolute Gasteiger partial charge is 0.382 e. The number of anilines is 1. The zero-order chi connectivity index (χ0) is 16.5. The minimum absolute atomic E-state index is 0.198. The van der Waals surface area contributed by atoms with Crippen LogP contribution in [0.15, 0.2) is 29.6 Å². The molecule has 3 heterocycles. The van der Waals surface area contributed by atoms with Gasteiger partial charge >= 0.3 is 0 Å². The van der Waals surface area contributed by atoms with Crippen molar-refractivity contribution in [3.05, 3.63) is 33.6 Å². The quantitative estimate of drug-likeness (QED) is 0.896. The van der Waals surface area contributed by atoms with E-state index in [-0.39, 0.29) is 5.91 Å². The summed E-state index contributed by atoms with van der Waals surface area (Å²) in [6.45, 7) is 0. The van der Waals surface area contributed by atoms with E-state index in [1.165, 1.54) is 24.2 Å². The molecule has 1 amide bonds. The van der Waals surface area contributed by atoms with E-state index in [1.807, 2.05) is 22.9 Å². The topological polar surface area (TPSA) is 68.5 Å². The lowest BCUT2D eigenvalue weighted by atomic mass is 10.1. The van der Waals surface area contributed by atoms with Crippen LogP contribution in [0, 0.1) is 0 Å². The molecule has 2 aliphatic rings. The maximum absolute atomic E-state index is 12.5. The molecule has 2 aromatic rings. The Hall–Kier alpha value is -1.86. The molecule has 0 saturated heterocycles. The maximum Gasteiger partial charge on any atom is 0.269 e. The summed E-state index contributed by atoms with van der Waals surface area (Å²) in [4.78, 5) is 18.7. The number of carbonyl (C=O) groups is 1. The summed E-state index contributed by atoms with van der Waals surface area (Å²) in [5.74, 6) is 0.527. The Balaban J connectivity index is 1.40. The van der Waals surface area contributed by atoms with Crippen LogP contribution in [0.2, 0.25) is 4.34 Å². The molecule has 1 atom stereocenters. The molecule has 2 aromatic heterocycles. The fraction of sp³-hybridized carbons (Fsp3) is 0.438. The number of carbonyl (C=O) groups excluding carboxylic acids is 1. The summed E-state index contributed by atoms with van der Waals surface area (Å²) in [5, 5.41) is 11.3. The highest BCUT2D eigenvalue weighted by molar-refractivity contribution is 7.18. The van der Waals surface area contributed by atoms with Crippen LogP contribution in [0.25, 0.3) is 0 Å². The van der Waals surface area contributed by atoms with E-state index in [1.54, 1.807) is 6.20 Å². The van der Waals surface area contributed by atoms with E-state index in [0.717, 1.165) is 29.2 Å². The Morgan fingerprint density at radius 2 is 2.17 bits per heavy atom. The molecule has 24 heavy (non-hydrogen) atoms. The number of hydrogen-bond acceptors (Lipinski definition) is 5. The second kappa shape index (κ2) is 6.57. The van der Waals surface area contributed by atoms with Crippen molar-refractivity contribution < 1.29 is 9.63 Å². The number of aromatic nitrogens is 2. The van der Waals surface area contributed by atoms with Crippen LogP contribution in [-0.4, -0.2) is 27.5 Å². The average molecular weight is 365 g/mol. The zero-order valence-corrected chi connectivity index (χ0v) is 14.5. The Bertz CT molecular complexity index is 779. The van der Waals surface area contributed by atoms with Crippen molar-refractivity contribution in [2.24, 2.45) is 5.16 Å². The number of hydrogen-bond donors (Lipinski definition) is 1. The highest BCUT2D eigenvalue weighted by Crippen LogP contribution is 2.31. The van der Waals surface area contributed by atoms with Gasteiger partial charge in [0.05, 0.1) is 21.5 Å². The van der Waals surface area contributed by atoms with E-state index < -0.39 is 6.10 Å². The molecule has 1 N–H and O–H groups in total. The Labute approximate surface area is 148 Å². The third kappa shape index (κ3) is 3.06. The first-order chi connectivity index (χ1) is 11.7. The van der Waals surface area contributed by atoms with Crippen molar-refractivity contribution in [3.8, 4) is 0 Å². The van der Waals surface area contributed by atoms with Gasteiger partial charge in [-0.3, -0.25) is 4.79 Å². The van der Waals surface area contributed by atoms with Gasteiger partial charge in [-0.1, -0.05) is 29.6 Å². The van der Waals surface area contributed by atoms with Gasteiger partial charge in [0.1, 0.15) is 11.5 Å². The first-order valence-corrected chi connectivity index (χ1v) is 9.23. The van der Waals surface area contributed by atoms with Crippen LogP contribution in [0.3, 0.4) is 0 Å². The fourth-order valence-electron chi connectivity index (χ4n) is 3.19. The minimum Gasteiger partial charge on any atom is -0.382 e. The molecule has 4 rings (SSSR count). The van der Waals surface area contributed by atoms with Crippen LogP contribution in [0.1, 0.15) is 43.0 Å². The molecule has 0 radical (unpaired) electrons. The lowest BCUT2D eigenvalue weighted by Gasteiger charge is -2.15. The minimum atomic E-state index is -0.618. The lowest BCUT2D eigenvalue weighted by Crippen LogP contribution is -2.29. The summed E-state index contributed by atoms with van der Waals surface area (Å²) < 4.78 is 2.61. The lowest BCUT2D eigenvalue weighted by molar-refractivity contribution is -0.125. The third-order valence-corrected chi connectivity index (χ3v) is 5.69. The first-order valence-electron chi connectivity index (χ1n) is 8.03. The molecule has 0 spiro atoms. The molecule has 0 unspecified atom stereocenters. The predicted molar refractivity (Wildman–Crippen MR) is 93.7 cm³/mol. The second-order valence-electron chi connectivity index (χ2n) is 6.03. The summed E-state index contributed by atoms with van der Waals surface area (Å²) in [6, 6.07) is 5.91. The molecule has 8 heteroatoms. The van der Waals surface area contributed by atoms with Gasteiger partial charge < -0.3 is 10.2 Å². The third-order valence-electron chi connectivity index (χ3n) is 4.41. The van der Waals surface area contributed by atoms with Crippen molar-refractivity contribution in [1.29, 1.82) is 0 Å². The Morgan fingerprint density at radius 1 is 1.33 bits per heavy atom. The van der Waals surface area contributed by atoms with Crippen LogP contribution in [0.4, 0.5) is 5.82 Å². The average Bonchev–Trinajstić information content (AvgIpc) is 3.34. The van der Waals surface area contributed by atoms with Crippen molar-refractivity contribution in [2.45, 2.75) is 44.2 Å². The van der Waals surface area contributed by atoms with Crippen molar-refractivity contribution in [1.82, 2.24) is 9.78 Å². The number of halogens is 1. The van der Waals surface area contributed by atoms with Crippen LogP contribution < -0.4 is 5.32 Å². The van der Waals surface area contributed by atoms with E-state index in [9.17, 15) is 4.79 Å². The predicted octanol–water partition coefficient (Wildman–Crippen LogP) is 3.84. The molecule has 1 aliphatic carbocycles. The van der Waals surface area contributed by atoms with Gasteiger partial charge in [0.15, 0.2) is 0 Å². The monoisotopic (exact) mass is 364 g/mol. The normalized spacial score (nSPS) is 20.9. The number of rotatable bonds is 4.